The normalized spacial score (nSPS) is 16.4. The van der Waals surface area contributed by atoms with Gasteiger partial charge in [0.15, 0.2) is 0 Å². The second-order valence-electron chi connectivity index (χ2n) is 5.21. The third-order valence-corrected chi connectivity index (χ3v) is 4.26. The molecule has 1 aromatic carbocycles. The van der Waals surface area contributed by atoms with Crippen molar-refractivity contribution in [2.75, 3.05) is 32.8 Å². The molecule has 1 aliphatic heterocycles. The van der Waals surface area contributed by atoms with Crippen LogP contribution in [-0.4, -0.2) is 47.3 Å². The Labute approximate surface area is 131 Å². The first-order chi connectivity index (χ1) is 10.2. The lowest BCUT2D eigenvalue weighted by Crippen LogP contribution is -2.37. The summed E-state index contributed by atoms with van der Waals surface area (Å²) >= 11 is 3.40. The Bertz CT molecular complexity index is 680. The van der Waals surface area contributed by atoms with Crippen LogP contribution in [0.1, 0.15) is 6.42 Å². The van der Waals surface area contributed by atoms with Crippen molar-refractivity contribution in [2.45, 2.75) is 13.0 Å². The lowest BCUT2D eigenvalue weighted by Gasteiger charge is -2.26. The minimum Gasteiger partial charge on any atom is -0.379 e. The number of ether oxygens (including phenoxy) is 1. The molecule has 0 bridgehead atoms. The van der Waals surface area contributed by atoms with E-state index in [0.717, 1.165) is 49.3 Å². The minimum atomic E-state index is 0.0308. The maximum atomic E-state index is 12.4. The fraction of sp³-hybridized carbons (Fsp3) is 0.467. The van der Waals surface area contributed by atoms with Gasteiger partial charge in [-0.1, -0.05) is 15.9 Å². The van der Waals surface area contributed by atoms with Gasteiger partial charge in [-0.05, 0) is 24.6 Å². The quantitative estimate of drug-likeness (QED) is 0.843. The van der Waals surface area contributed by atoms with Crippen molar-refractivity contribution in [3.8, 4) is 0 Å². The highest BCUT2D eigenvalue weighted by molar-refractivity contribution is 9.10. The van der Waals surface area contributed by atoms with E-state index in [-0.39, 0.29) is 5.56 Å². The van der Waals surface area contributed by atoms with E-state index in [1.807, 2.05) is 18.2 Å². The van der Waals surface area contributed by atoms with Crippen LogP contribution in [0.5, 0.6) is 0 Å². The molecule has 1 saturated heterocycles. The third kappa shape index (κ3) is 3.51. The van der Waals surface area contributed by atoms with Crippen molar-refractivity contribution in [3.05, 3.63) is 39.4 Å². The van der Waals surface area contributed by atoms with E-state index in [9.17, 15) is 4.79 Å². The molecule has 0 radical (unpaired) electrons. The van der Waals surface area contributed by atoms with Crippen LogP contribution in [0.15, 0.2) is 33.8 Å². The lowest BCUT2D eigenvalue weighted by molar-refractivity contribution is 0.0369. The smallest absolute Gasteiger partial charge is 0.261 e. The van der Waals surface area contributed by atoms with Crippen LogP contribution in [-0.2, 0) is 11.3 Å². The molecule has 3 rings (SSSR count). The predicted octanol–water partition coefficient (Wildman–Crippen LogP) is 1.88. The largest absolute Gasteiger partial charge is 0.379 e. The number of nitrogens with zero attached hydrogens (tertiary/aromatic N) is 3. The van der Waals surface area contributed by atoms with Crippen LogP contribution < -0.4 is 5.56 Å². The molecular weight excluding hydrogens is 334 g/mol. The van der Waals surface area contributed by atoms with Gasteiger partial charge in [0, 0.05) is 30.7 Å². The van der Waals surface area contributed by atoms with E-state index in [0.29, 0.717) is 11.9 Å². The molecule has 0 amide bonds. The maximum absolute atomic E-state index is 12.4. The van der Waals surface area contributed by atoms with Gasteiger partial charge in [-0.3, -0.25) is 14.3 Å². The molecule has 2 aromatic rings. The van der Waals surface area contributed by atoms with Gasteiger partial charge < -0.3 is 4.74 Å². The van der Waals surface area contributed by atoms with Gasteiger partial charge in [-0.2, -0.15) is 0 Å². The number of halogens is 1. The van der Waals surface area contributed by atoms with Gasteiger partial charge in [-0.15, -0.1) is 0 Å². The first kappa shape index (κ1) is 14.7. The fourth-order valence-electron chi connectivity index (χ4n) is 2.58. The monoisotopic (exact) mass is 351 g/mol. The van der Waals surface area contributed by atoms with Crippen LogP contribution in [0.25, 0.3) is 10.9 Å². The zero-order valence-electron chi connectivity index (χ0n) is 11.8. The average molecular weight is 352 g/mol. The van der Waals surface area contributed by atoms with Gasteiger partial charge in [0.2, 0.25) is 0 Å². The molecule has 0 spiro atoms. The number of aromatic nitrogens is 2. The highest BCUT2D eigenvalue weighted by Crippen LogP contribution is 2.14. The van der Waals surface area contributed by atoms with Crippen molar-refractivity contribution in [2.24, 2.45) is 0 Å². The van der Waals surface area contributed by atoms with E-state index >= 15 is 0 Å². The second-order valence-corrected chi connectivity index (χ2v) is 6.13. The Hall–Kier alpha value is -1.24. The molecule has 1 aromatic heterocycles. The van der Waals surface area contributed by atoms with Crippen molar-refractivity contribution in [1.82, 2.24) is 14.5 Å². The summed E-state index contributed by atoms with van der Waals surface area (Å²) in [5.74, 6) is 0. The number of fused-ring (bicyclic) bond motifs is 1. The molecule has 1 fully saturated rings. The number of rotatable bonds is 4. The molecule has 0 unspecified atom stereocenters. The van der Waals surface area contributed by atoms with E-state index in [2.05, 4.69) is 25.8 Å². The fourth-order valence-corrected chi connectivity index (χ4v) is 2.94. The van der Waals surface area contributed by atoms with Crippen molar-refractivity contribution in [3.63, 3.8) is 0 Å². The summed E-state index contributed by atoms with van der Waals surface area (Å²) in [5.41, 5.74) is 0.774. The molecule has 5 nitrogen and oxygen atoms in total. The van der Waals surface area contributed by atoms with E-state index in [1.165, 1.54) is 0 Å². The Morgan fingerprint density at radius 2 is 2.05 bits per heavy atom. The SMILES string of the molecule is O=c1c2cc(Br)ccc2ncn1CCCN1CCOCC1. The van der Waals surface area contributed by atoms with Gasteiger partial charge >= 0.3 is 0 Å². The first-order valence-corrected chi connectivity index (χ1v) is 7.98. The topological polar surface area (TPSA) is 47.4 Å². The Morgan fingerprint density at radius 3 is 2.86 bits per heavy atom. The molecule has 0 N–H and O–H groups in total. The lowest BCUT2D eigenvalue weighted by atomic mass is 10.2. The van der Waals surface area contributed by atoms with Gasteiger partial charge in [-0.25, -0.2) is 4.98 Å². The second kappa shape index (κ2) is 6.68. The van der Waals surface area contributed by atoms with Crippen LogP contribution in [0, 0.1) is 0 Å². The molecule has 6 heteroatoms. The zero-order valence-corrected chi connectivity index (χ0v) is 13.4. The Balaban J connectivity index is 1.69. The van der Waals surface area contributed by atoms with E-state index in [1.54, 1.807) is 10.9 Å². The van der Waals surface area contributed by atoms with Crippen LogP contribution >= 0.6 is 15.9 Å². The number of morpholine rings is 1. The molecule has 112 valence electrons. The average Bonchev–Trinajstić information content (AvgIpc) is 2.51. The summed E-state index contributed by atoms with van der Waals surface area (Å²) in [7, 11) is 0. The summed E-state index contributed by atoms with van der Waals surface area (Å²) in [6, 6.07) is 5.60. The van der Waals surface area contributed by atoms with Gasteiger partial charge in [0.25, 0.3) is 5.56 Å². The number of hydrogen-bond donors (Lipinski definition) is 0. The highest BCUT2D eigenvalue weighted by Gasteiger charge is 2.10. The number of benzene rings is 1. The summed E-state index contributed by atoms with van der Waals surface area (Å²) in [5, 5.41) is 0.665. The summed E-state index contributed by atoms with van der Waals surface area (Å²) in [6.07, 6.45) is 2.60. The van der Waals surface area contributed by atoms with Crippen molar-refractivity contribution in [1.29, 1.82) is 0 Å². The zero-order chi connectivity index (χ0) is 14.7. The number of aryl methyl sites for hydroxylation is 1. The summed E-state index contributed by atoms with van der Waals surface area (Å²) in [4.78, 5) is 19.2. The predicted molar refractivity (Wildman–Crippen MR) is 85.6 cm³/mol. The van der Waals surface area contributed by atoms with Crippen LogP contribution in [0.2, 0.25) is 0 Å². The highest BCUT2D eigenvalue weighted by atomic mass is 79.9. The standard InChI is InChI=1S/C15H18BrN3O2/c16-12-2-3-14-13(10-12)15(20)19(11-17-14)5-1-4-18-6-8-21-9-7-18/h2-3,10-11H,1,4-9H2. The Morgan fingerprint density at radius 1 is 1.24 bits per heavy atom. The minimum absolute atomic E-state index is 0.0308. The molecule has 2 heterocycles. The molecule has 0 atom stereocenters. The van der Waals surface area contributed by atoms with Crippen molar-refractivity contribution >= 4 is 26.8 Å². The van der Waals surface area contributed by atoms with Crippen molar-refractivity contribution < 1.29 is 4.74 Å². The molecule has 0 saturated carbocycles. The van der Waals surface area contributed by atoms with Crippen LogP contribution in [0.4, 0.5) is 0 Å². The first-order valence-electron chi connectivity index (χ1n) is 7.19. The van der Waals surface area contributed by atoms with Gasteiger partial charge in [0.1, 0.15) is 0 Å². The van der Waals surface area contributed by atoms with E-state index < -0.39 is 0 Å². The molecule has 21 heavy (non-hydrogen) atoms. The summed E-state index contributed by atoms with van der Waals surface area (Å²) < 4.78 is 7.94. The maximum Gasteiger partial charge on any atom is 0.261 e. The van der Waals surface area contributed by atoms with Crippen LogP contribution in [0.3, 0.4) is 0 Å². The summed E-state index contributed by atoms with van der Waals surface area (Å²) in [6.45, 7) is 5.28. The van der Waals surface area contributed by atoms with E-state index in [4.69, 9.17) is 4.74 Å². The molecular formula is C15H18BrN3O2. The third-order valence-electron chi connectivity index (χ3n) is 3.76. The number of hydrogen-bond acceptors (Lipinski definition) is 4. The van der Waals surface area contributed by atoms with Gasteiger partial charge in [0.05, 0.1) is 30.4 Å². The molecule has 1 aliphatic rings. The molecule has 0 aliphatic carbocycles. The Kier molecular flexibility index (Phi) is 4.67.